The molecule has 0 radical (unpaired) electrons. The van der Waals surface area contributed by atoms with Crippen LogP contribution in [0.4, 0.5) is 0 Å². The number of aromatic nitrogens is 1. The highest BCUT2D eigenvalue weighted by molar-refractivity contribution is 6.46. The molecule has 1 fully saturated rings. The van der Waals surface area contributed by atoms with Gasteiger partial charge in [0, 0.05) is 24.5 Å². The second-order valence-corrected chi connectivity index (χ2v) is 7.72. The van der Waals surface area contributed by atoms with Gasteiger partial charge in [-0.15, -0.1) is 0 Å². The minimum Gasteiger partial charge on any atom is -0.507 e. The number of amides is 1. The maximum Gasteiger partial charge on any atom is 0.295 e. The average Bonchev–Trinajstić information content (AvgIpc) is 3.11. The number of rotatable bonds is 8. The summed E-state index contributed by atoms with van der Waals surface area (Å²) in [5.74, 6) is -0.565. The molecule has 1 unspecified atom stereocenters. The van der Waals surface area contributed by atoms with E-state index in [2.05, 4.69) is 4.98 Å². The van der Waals surface area contributed by atoms with E-state index in [4.69, 9.17) is 9.47 Å². The first-order valence-corrected chi connectivity index (χ1v) is 11.2. The molecular weight excluding hydrogens is 432 g/mol. The van der Waals surface area contributed by atoms with E-state index in [0.717, 1.165) is 5.56 Å². The molecule has 1 atom stereocenters. The largest absolute Gasteiger partial charge is 0.507 e. The quantitative estimate of drug-likeness (QED) is 0.304. The molecule has 1 aliphatic heterocycles. The minimum atomic E-state index is -0.803. The Balaban J connectivity index is 1.87. The number of ketones is 1. The first-order valence-electron chi connectivity index (χ1n) is 11.2. The molecule has 1 N–H and O–H groups in total. The molecule has 1 amide bonds. The van der Waals surface area contributed by atoms with Crippen molar-refractivity contribution in [1.82, 2.24) is 9.88 Å². The van der Waals surface area contributed by atoms with Gasteiger partial charge in [-0.05, 0) is 49.2 Å². The fraction of sp³-hybridized carbons (Fsp3) is 0.222. The molecule has 1 saturated heterocycles. The van der Waals surface area contributed by atoms with Gasteiger partial charge >= 0.3 is 0 Å². The number of hydrogen-bond donors (Lipinski definition) is 1. The lowest BCUT2D eigenvalue weighted by molar-refractivity contribution is -0.140. The third-order valence-electron chi connectivity index (χ3n) is 5.57. The number of pyridine rings is 1. The topological polar surface area (TPSA) is 89.0 Å². The maximum absolute atomic E-state index is 13.2. The van der Waals surface area contributed by atoms with Crippen LogP contribution < -0.4 is 9.47 Å². The van der Waals surface area contributed by atoms with Gasteiger partial charge in [0.1, 0.15) is 5.76 Å². The van der Waals surface area contributed by atoms with Crippen LogP contribution in [-0.4, -0.2) is 39.9 Å². The molecule has 0 spiro atoms. The number of nitrogens with zero attached hydrogens (tertiary/aromatic N) is 2. The standard InChI is InChI=1S/C27H26N2O5/c1-3-33-21-11-10-20(16-22(21)34-4-2)24-23(25(30)19-12-14-28-15-13-19)26(31)27(32)29(24)17-18-8-6-5-7-9-18/h5-16,24,30H,3-4,17H2,1-2H3. The van der Waals surface area contributed by atoms with Gasteiger partial charge in [0.25, 0.3) is 11.7 Å². The van der Waals surface area contributed by atoms with Crippen molar-refractivity contribution in [3.8, 4) is 11.5 Å². The number of benzene rings is 2. The van der Waals surface area contributed by atoms with Crippen molar-refractivity contribution in [1.29, 1.82) is 0 Å². The van der Waals surface area contributed by atoms with Crippen molar-refractivity contribution in [2.24, 2.45) is 0 Å². The Labute approximate surface area is 198 Å². The molecular formula is C27H26N2O5. The van der Waals surface area contributed by atoms with Gasteiger partial charge in [0.15, 0.2) is 11.5 Å². The summed E-state index contributed by atoms with van der Waals surface area (Å²) in [5, 5.41) is 11.1. The van der Waals surface area contributed by atoms with Gasteiger partial charge in [0.2, 0.25) is 0 Å². The number of carbonyl (C=O) groups excluding carboxylic acids is 2. The van der Waals surface area contributed by atoms with Crippen LogP contribution >= 0.6 is 0 Å². The monoisotopic (exact) mass is 458 g/mol. The Hall–Kier alpha value is -4.13. The number of Topliss-reactive ketones (excluding diaryl/α,β-unsaturated/α-hetero) is 1. The lowest BCUT2D eigenvalue weighted by atomic mass is 9.95. The first kappa shape index (κ1) is 23.0. The SMILES string of the molecule is CCOc1ccc(C2C(=C(O)c3ccncc3)C(=O)C(=O)N2Cc2ccccc2)cc1OCC. The van der Waals surface area contributed by atoms with E-state index in [-0.39, 0.29) is 17.9 Å². The summed E-state index contributed by atoms with van der Waals surface area (Å²) in [6.45, 7) is 4.85. The summed E-state index contributed by atoms with van der Waals surface area (Å²) in [6.07, 6.45) is 3.04. The minimum absolute atomic E-state index is 0.0266. The summed E-state index contributed by atoms with van der Waals surface area (Å²) in [6, 6.07) is 17.1. The second-order valence-electron chi connectivity index (χ2n) is 7.72. The van der Waals surface area contributed by atoms with Crippen molar-refractivity contribution >= 4 is 17.4 Å². The van der Waals surface area contributed by atoms with Crippen LogP contribution in [0.3, 0.4) is 0 Å². The zero-order valence-corrected chi connectivity index (χ0v) is 19.1. The summed E-state index contributed by atoms with van der Waals surface area (Å²) in [7, 11) is 0. The van der Waals surface area contributed by atoms with Crippen LogP contribution in [0.25, 0.3) is 5.76 Å². The molecule has 2 heterocycles. The second kappa shape index (κ2) is 10.2. The summed E-state index contributed by atoms with van der Waals surface area (Å²) < 4.78 is 11.5. The van der Waals surface area contributed by atoms with E-state index < -0.39 is 17.7 Å². The van der Waals surface area contributed by atoms with E-state index >= 15 is 0 Å². The highest BCUT2D eigenvalue weighted by Gasteiger charge is 2.46. The number of carbonyl (C=O) groups is 2. The highest BCUT2D eigenvalue weighted by atomic mass is 16.5. The average molecular weight is 459 g/mol. The lowest BCUT2D eigenvalue weighted by Gasteiger charge is -2.26. The van der Waals surface area contributed by atoms with Gasteiger partial charge in [-0.2, -0.15) is 0 Å². The van der Waals surface area contributed by atoms with Crippen molar-refractivity contribution in [3.05, 3.63) is 95.3 Å². The molecule has 4 rings (SSSR count). The number of aliphatic hydroxyl groups excluding tert-OH is 1. The number of ether oxygens (including phenoxy) is 2. The molecule has 0 aliphatic carbocycles. The van der Waals surface area contributed by atoms with Gasteiger partial charge in [-0.25, -0.2) is 0 Å². The zero-order chi connectivity index (χ0) is 24.1. The van der Waals surface area contributed by atoms with E-state index in [1.807, 2.05) is 44.2 Å². The van der Waals surface area contributed by atoms with Crippen LogP contribution in [0.1, 0.15) is 36.6 Å². The van der Waals surface area contributed by atoms with E-state index in [0.29, 0.717) is 35.8 Å². The predicted octanol–water partition coefficient (Wildman–Crippen LogP) is 4.50. The molecule has 0 saturated carbocycles. The van der Waals surface area contributed by atoms with Crippen molar-refractivity contribution in [2.45, 2.75) is 26.4 Å². The lowest BCUT2D eigenvalue weighted by Crippen LogP contribution is -2.29. The third-order valence-corrected chi connectivity index (χ3v) is 5.57. The molecule has 0 bridgehead atoms. The summed E-state index contributed by atoms with van der Waals surface area (Å²) >= 11 is 0. The van der Waals surface area contributed by atoms with Crippen molar-refractivity contribution in [2.75, 3.05) is 13.2 Å². The molecule has 7 heteroatoms. The van der Waals surface area contributed by atoms with Crippen LogP contribution in [-0.2, 0) is 16.1 Å². The molecule has 7 nitrogen and oxygen atoms in total. The van der Waals surface area contributed by atoms with Crippen LogP contribution in [0.15, 0.2) is 78.6 Å². The van der Waals surface area contributed by atoms with Crippen molar-refractivity contribution < 1.29 is 24.2 Å². The fourth-order valence-corrected chi connectivity index (χ4v) is 4.07. The maximum atomic E-state index is 13.2. The Morgan fingerprint density at radius 3 is 2.29 bits per heavy atom. The Kier molecular flexibility index (Phi) is 6.92. The highest BCUT2D eigenvalue weighted by Crippen LogP contribution is 2.42. The Morgan fingerprint density at radius 2 is 1.62 bits per heavy atom. The molecule has 174 valence electrons. The van der Waals surface area contributed by atoms with E-state index in [9.17, 15) is 14.7 Å². The van der Waals surface area contributed by atoms with Crippen LogP contribution in [0.5, 0.6) is 11.5 Å². The number of hydrogen-bond acceptors (Lipinski definition) is 6. The van der Waals surface area contributed by atoms with Crippen molar-refractivity contribution in [3.63, 3.8) is 0 Å². The Morgan fingerprint density at radius 1 is 0.941 bits per heavy atom. The van der Waals surface area contributed by atoms with Gasteiger partial charge in [-0.3, -0.25) is 14.6 Å². The first-order chi connectivity index (χ1) is 16.5. The number of likely N-dealkylation sites (tertiary alicyclic amines) is 1. The fourth-order valence-electron chi connectivity index (χ4n) is 4.07. The van der Waals surface area contributed by atoms with E-state index in [1.165, 1.54) is 17.3 Å². The summed E-state index contributed by atoms with van der Waals surface area (Å²) in [4.78, 5) is 31.8. The van der Waals surface area contributed by atoms with Gasteiger partial charge in [0.05, 0.1) is 24.8 Å². The van der Waals surface area contributed by atoms with Crippen LogP contribution in [0.2, 0.25) is 0 Å². The number of aliphatic hydroxyl groups is 1. The smallest absolute Gasteiger partial charge is 0.295 e. The van der Waals surface area contributed by atoms with Crippen LogP contribution in [0, 0.1) is 0 Å². The zero-order valence-electron chi connectivity index (χ0n) is 19.1. The van der Waals surface area contributed by atoms with Gasteiger partial charge < -0.3 is 19.5 Å². The van der Waals surface area contributed by atoms with Gasteiger partial charge in [-0.1, -0.05) is 36.4 Å². The molecule has 1 aromatic heterocycles. The molecule has 3 aromatic rings. The normalized spacial score (nSPS) is 17.1. The third kappa shape index (κ3) is 4.50. The summed E-state index contributed by atoms with van der Waals surface area (Å²) in [5.41, 5.74) is 1.94. The Bertz CT molecular complexity index is 1210. The molecule has 34 heavy (non-hydrogen) atoms. The predicted molar refractivity (Wildman–Crippen MR) is 127 cm³/mol. The van der Waals surface area contributed by atoms with E-state index in [1.54, 1.807) is 30.3 Å². The molecule has 1 aliphatic rings. The molecule has 2 aromatic carbocycles.